The molecular weight excluding hydrogens is 266 g/mol. The molecule has 0 saturated carbocycles. The maximum Gasteiger partial charge on any atom is 2.00 e. The van der Waals surface area contributed by atoms with Crippen molar-refractivity contribution in [3.8, 4) is 0 Å². The van der Waals surface area contributed by atoms with Gasteiger partial charge in [0.25, 0.3) is 0 Å². The predicted octanol–water partition coefficient (Wildman–Crippen LogP) is 0.911. The molecule has 0 amide bonds. The largest absolute Gasteiger partial charge is 2.00 e. The topological polar surface area (TPSA) is 0 Å². The molecule has 0 atom stereocenters. The predicted molar refractivity (Wildman–Crippen MR) is 35.7 cm³/mol. The van der Waals surface area contributed by atoms with Crippen LogP contribution in [0.4, 0.5) is 0 Å². The summed E-state index contributed by atoms with van der Waals surface area (Å²) < 4.78 is 0. The number of hydrogen-bond donors (Lipinski definition) is 0. The molecule has 5 heavy (non-hydrogen) atoms. The van der Waals surface area contributed by atoms with E-state index in [1.54, 1.807) is 0 Å². The van der Waals surface area contributed by atoms with Gasteiger partial charge in [-0.25, -0.2) is 0 Å². The minimum Gasteiger partial charge on any atom is -0.709 e. The monoisotopic (exact) mass is 266 g/mol. The second-order valence-corrected chi connectivity index (χ2v) is 3.67. The van der Waals surface area contributed by atoms with E-state index in [0.717, 1.165) is 0 Å². The van der Waals surface area contributed by atoms with Crippen molar-refractivity contribution in [1.82, 2.24) is 0 Å². The first-order valence-electron chi connectivity index (χ1n) is 0.500. The van der Waals surface area contributed by atoms with E-state index in [2.05, 4.69) is 23.3 Å². The molecule has 0 saturated heterocycles. The summed E-state index contributed by atoms with van der Waals surface area (Å²) in [5.74, 6) is 0. The summed E-state index contributed by atoms with van der Waals surface area (Å²) in [6.45, 7) is 0. The average Bonchev–Trinajstić information content (AvgIpc) is 1.37. The number of hydrogen-bond acceptors (Lipinski definition) is 4. The van der Waals surface area contributed by atoms with Crippen LogP contribution in [0.2, 0.25) is 0 Å². The smallest absolute Gasteiger partial charge is 0.709 e. The molecular formula is BaS4. The zero-order valence-electron chi connectivity index (χ0n) is 2.34. The van der Waals surface area contributed by atoms with Crippen LogP contribution in [0.25, 0.3) is 0 Å². The van der Waals surface area contributed by atoms with Crippen LogP contribution in [0.3, 0.4) is 0 Å². The van der Waals surface area contributed by atoms with E-state index >= 15 is 0 Å². The van der Waals surface area contributed by atoms with Crippen LogP contribution >= 0.6 is 19.7 Å². The molecule has 0 bridgehead atoms. The maximum atomic E-state index is 4.33. The Morgan fingerprint density at radius 3 is 1.20 bits per heavy atom. The minimum absolute atomic E-state index is 0. The van der Waals surface area contributed by atoms with Crippen LogP contribution in [0, 0.1) is 0 Å². The maximum absolute atomic E-state index is 4.33. The van der Waals surface area contributed by atoms with E-state index in [1.807, 2.05) is 0 Å². The number of rotatable bonds is 1. The molecule has 0 aromatic carbocycles. The van der Waals surface area contributed by atoms with Gasteiger partial charge < -0.3 is 23.3 Å². The molecule has 26 valence electrons. The van der Waals surface area contributed by atoms with Gasteiger partial charge in [0.05, 0.1) is 0 Å². The molecule has 0 heterocycles. The Morgan fingerprint density at radius 2 is 1.20 bits per heavy atom. The normalized spacial score (nSPS) is 6.00. The summed E-state index contributed by atoms with van der Waals surface area (Å²) in [7, 11) is 2.34. The quantitative estimate of drug-likeness (QED) is 0.392. The van der Waals surface area contributed by atoms with Crippen molar-refractivity contribution in [2.75, 3.05) is 0 Å². The molecule has 0 aliphatic heterocycles. The SMILES string of the molecule is [Ba+2].[S-]SS[S-]. The van der Waals surface area contributed by atoms with Crippen LogP contribution in [0.5, 0.6) is 0 Å². The van der Waals surface area contributed by atoms with Gasteiger partial charge in [-0.05, 0) is 0 Å². The van der Waals surface area contributed by atoms with E-state index in [1.165, 1.54) is 19.7 Å². The first kappa shape index (κ1) is 10.9. The third-order valence-electron chi connectivity index (χ3n) is 0.0278. The third kappa shape index (κ3) is 10.9. The van der Waals surface area contributed by atoms with Crippen molar-refractivity contribution in [3.05, 3.63) is 0 Å². The molecule has 0 aromatic heterocycles. The fourth-order valence-corrected chi connectivity index (χ4v) is 0. The summed E-state index contributed by atoms with van der Waals surface area (Å²) >= 11 is 8.66. The minimum atomic E-state index is 0. The average molecular weight is 266 g/mol. The Morgan fingerprint density at radius 1 is 1.00 bits per heavy atom. The fraction of sp³-hybridized carbons (Fsp3) is 0. The zero-order chi connectivity index (χ0) is 3.41. The van der Waals surface area contributed by atoms with E-state index in [0.29, 0.717) is 0 Å². The van der Waals surface area contributed by atoms with E-state index < -0.39 is 0 Å². The third-order valence-corrected chi connectivity index (χ3v) is 2.25. The Hall–Kier alpha value is 2.97. The van der Waals surface area contributed by atoms with Crippen molar-refractivity contribution in [2.45, 2.75) is 0 Å². The van der Waals surface area contributed by atoms with E-state index in [4.69, 9.17) is 0 Å². The van der Waals surface area contributed by atoms with Gasteiger partial charge in [-0.1, -0.05) is 0 Å². The molecule has 0 fully saturated rings. The Kier molecular flexibility index (Phi) is 21.9. The zero-order valence-corrected chi connectivity index (χ0v) is 10.0. The molecule has 0 spiro atoms. The fourth-order valence-electron chi connectivity index (χ4n) is 0. The van der Waals surface area contributed by atoms with E-state index in [-0.39, 0.29) is 48.9 Å². The summed E-state index contributed by atoms with van der Waals surface area (Å²) in [4.78, 5) is 0. The summed E-state index contributed by atoms with van der Waals surface area (Å²) in [5, 5.41) is 0. The molecule has 5 heteroatoms. The van der Waals surface area contributed by atoms with Crippen molar-refractivity contribution in [3.63, 3.8) is 0 Å². The molecule has 0 radical (unpaired) electrons. The van der Waals surface area contributed by atoms with Gasteiger partial charge in [0, 0.05) is 0 Å². The van der Waals surface area contributed by atoms with Crippen molar-refractivity contribution in [2.24, 2.45) is 0 Å². The Labute approximate surface area is 89.7 Å². The van der Waals surface area contributed by atoms with Gasteiger partial charge >= 0.3 is 48.9 Å². The van der Waals surface area contributed by atoms with Crippen LogP contribution in [0.1, 0.15) is 0 Å². The molecule has 0 aliphatic carbocycles. The van der Waals surface area contributed by atoms with Crippen molar-refractivity contribution < 1.29 is 0 Å². The molecule has 0 aromatic rings. The van der Waals surface area contributed by atoms with Gasteiger partial charge in [0.2, 0.25) is 0 Å². The second kappa shape index (κ2) is 10.1. The standard InChI is InChI=1S/Ba.H2S4/c;1-3-4-2/h;1-2H/q+2;/p-2. The van der Waals surface area contributed by atoms with E-state index in [9.17, 15) is 0 Å². The van der Waals surface area contributed by atoms with Crippen LogP contribution in [0.15, 0.2) is 0 Å². The first-order valence-corrected chi connectivity index (χ1v) is 4.50. The summed E-state index contributed by atoms with van der Waals surface area (Å²) in [5.41, 5.74) is 0. The van der Waals surface area contributed by atoms with Crippen LogP contribution < -0.4 is 0 Å². The van der Waals surface area contributed by atoms with Gasteiger partial charge in [-0.2, -0.15) is 0 Å². The van der Waals surface area contributed by atoms with Gasteiger partial charge in [-0.3, -0.25) is 19.7 Å². The molecule has 0 rings (SSSR count). The molecule has 0 unspecified atom stereocenters. The molecule has 0 nitrogen and oxygen atoms in total. The summed E-state index contributed by atoms with van der Waals surface area (Å²) in [6, 6.07) is 0. The first-order chi connectivity index (χ1) is 1.91. The second-order valence-electron chi connectivity index (χ2n) is 0.136. The van der Waals surface area contributed by atoms with Crippen LogP contribution in [-0.2, 0) is 23.3 Å². The molecule has 0 N–H and O–H groups in total. The van der Waals surface area contributed by atoms with Crippen molar-refractivity contribution in [1.29, 1.82) is 0 Å². The Balaban J connectivity index is 0. The summed E-state index contributed by atoms with van der Waals surface area (Å²) in [6.07, 6.45) is 0. The van der Waals surface area contributed by atoms with Gasteiger partial charge in [0.15, 0.2) is 0 Å². The van der Waals surface area contributed by atoms with Gasteiger partial charge in [0.1, 0.15) is 0 Å². The van der Waals surface area contributed by atoms with Gasteiger partial charge in [-0.15, -0.1) is 0 Å². The van der Waals surface area contributed by atoms with Crippen LogP contribution in [-0.4, -0.2) is 48.9 Å². The Bertz CT molecular complexity index is 5.61. The molecule has 0 aliphatic rings. The van der Waals surface area contributed by atoms with Crippen molar-refractivity contribution >= 4 is 91.9 Å².